The summed E-state index contributed by atoms with van der Waals surface area (Å²) < 4.78 is 14.3. The van der Waals surface area contributed by atoms with Crippen molar-refractivity contribution in [3.8, 4) is 11.4 Å². The van der Waals surface area contributed by atoms with Gasteiger partial charge in [-0.25, -0.2) is 9.07 Å². The highest BCUT2D eigenvalue weighted by Gasteiger charge is 2.23. The van der Waals surface area contributed by atoms with Crippen molar-refractivity contribution in [1.29, 1.82) is 0 Å². The average molecular weight is 349 g/mol. The Labute approximate surface area is 144 Å². The Morgan fingerprint density at radius 2 is 2.00 bits per heavy atom. The van der Waals surface area contributed by atoms with E-state index >= 15 is 0 Å². The van der Waals surface area contributed by atoms with E-state index in [1.165, 1.54) is 41.4 Å². The van der Waals surface area contributed by atoms with E-state index in [4.69, 9.17) is 5.84 Å². The maximum atomic E-state index is 13.0. The van der Waals surface area contributed by atoms with Gasteiger partial charge in [-0.2, -0.15) is 0 Å². The largest absolute Gasteiger partial charge is 0.352 e. The molecule has 8 heteroatoms. The molecule has 1 aliphatic carbocycles. The number of nitrogens with one attached hydrogen (secondary N) is 1. The van der Waals surface area contributed by atoms with Crippen molar-refractivity contribution in [3.05, 3.63) is 30.1 Å². The van der Waals surface area contributed by atoms with E-state index in [-0.39, 0.29) is 23.0 Å². The van der Waals surface area contributed by atoms with Crippen LogP contribution in [-0.2, 0) is 4.79 Å². The lowest BCUT2D eigenvalue weighted by Gasteiger charge is -2.15. The van der Waals surface area contributed by atoms with Crippen molar-refractivity contribution in [2.24, 2.45) is 0 Å². The van der Waals surface area contributed by atoms with Crippen LogP contribution in [0.4, 0.5) is 4.39 Å². The summed E-state index contributed by atoms with van der Waals surface area (Å²) in [5.41, 5.74) is 0.668. The van der Waals surface area contributed by atoms with E-state index in [9.17, 15) is 9.18 Å². The van der Waals surface area contributed by atoms with Gasteiger partial charge in [0.05, 0.1) is 5.25 Å². The number of halogens is 1. The van der Waals surface area contributed by atoms with Gasteiger partial charge in [0.15, 0.2) is 5.82 Å². The van der Waals surface area contributed by atoms with Crippen molar-refractivity contribution >= 4 is 17.7 Å². The average Bonchev–Trinajstić information content (AvgIpc) is 3.19. The summed E-state index contributed by atoms with van der Waals surface area (Å²) in [5, 5.41) is 11.3. The molecule has 24 heavy (non-hydrogen) atoms. The quantitative estimate of drug-likeness (QED) is 0.639. The summed E-state index contributed by atoms with van der Waals surface area (Å²) >= 11 is 1.26. The summed E-state index contributed by atoms with van der Waals surface area (Å²) in [6.45, 7) is 1.82. The second kappa shape index (κ2) is 7.21. The SMILES string of the molecule is C[C@H](Sc1nnc(-c2ccc(F)cc2)n1N)C(=O)NC1CCCC1. The number of carbonyl (C=O) groups is 1. The second-order valence-electron chi connectivity index (χ2n) is 5.93. The van der Waals surface area contributed by atoms with Gasteiger partial charge in [-0.15, -0.1) is 10.2 Å². The maximum absolute atomic E-state index is 13.0. The van der Waals surface area contributed by atoms with E-state index in [1.54, 1.807) is 12.1 Å². The molecule has 1 aromatic carbocycles. The van der Waals surface area contributed by atoms with Crippen LogP contribution < -0.4 is 11.2 Å². The molecule has 2 aromatic rings. The maximum Gasteiger partial charge on any atom is 0.233 e. The Morgan fingerprint density at radius 3 is 2.67 bits per heavy atom. The first-order chi connectivity index (χ1) is 11.5. The lowest BCUT2D eigenvalue weighted by atomic mass is 10.2. The molecule has 1 amide bonds. The van der Waals surface area contributed by atoms with Crippen LogP contribution in [0.5, 0.6) is 0 Å². The summed E-state index contributed by atoms with van der Waals surface area (Å²) in [6, 6.07) is 6.15. The van der Waals surface area contributed by atoms with Crippen LogP contribution in [0.25, 0.3) is 11.4 Å². The predicted octanol–water partition coefficient (Wildman–Crippen LogP) is 2.34. The van der Waals surface area contributed by atoms with Crippen molar-refractivity contribution in [2.45, 2.75) is 49.1 Å². The first-order valence-electron chi connectivity index (χ1n) is 7.98. The molecule has 1 aromatic heterocycles. The monoisotopic (exact) mass is 349 g/mol. The number of thioether (sulfide) groups is 1. The van der Waals surface area contributed by atoms with Crippen molar-refractivity contribution in [1.82, 2.24) is 20.2 Å². The summed E-state index contributed by atoms with van der Waals surface area (Å²) in [4.78, 5) is 12.3. The summed E-state index contributed by atoms with van der Waals surface area (Å²) in [7, 11) is 0. The van der Waals surface area contributed by atoms with Gasteiger partial charge in [-0.05, 0) is 44.0 Å². The molecule has 1 saturated carbocycles. The molecule has 3 rings (SSSR count). The van der Waals surface area contributed by atoms with E-state index in [0.717, 1.165) is 12.8 Å². The number of nitrogens with two attached hydrogens (primary N) is 1. The highest BCUT2D eigenvalue weighted by atomic mass is 32.2. The molecule has 0 spiro atoms. The third kappa shape index (κ3) is 3.69. The minimum atomic E-state index is -0.325. The molecule has 0 aliphatic heterocycles. The normalized spacial score (nSPS) is 16.2. The molecule has 0 bridgehead atoms. The fourth-order valence-corrected chi connectivity index (χ4v) is 3.53. The van der Waals surface area contributed by atoms with Crippen LogP contribution in [0.15, 0.2) is 29.4 Å². The van der Waals surface area contributed by atoms with Crippen LogP contribution in [0.3, 0.4) is 0 Å². The van der Waals surface area contributed by atoms with Gasteiger partial charge in [0.1, 0.15) is 5.82 Å². The molecule has 1 fully saturated rings. The van der Waals surface area contributed by atoms with E-state index < -0.39 is 0 Å². The molecular weight excluding hydrogens is 329 g/mol. The van der Waals surface area contributed by atoms with Crippen molar-refractivity contribution in [2.75, 3.05) is 5.84 Å². The number of rotatable bonds is 5. The van der Waals surface area contributed by atoms with E-state index in [0.29, 0.717) is 16.5 Å². The number of amides is 1. The first-order valence-corrected chi connectivity index (χ1v) is 8.86. The zero-order valence-electron chi connectivity index (χ0n) is 13.4. The molecule has 3 N–H and O–H groups in total. The standard InChI is InChI=1S/C16H20FN5OS/c1-10(15(23)19-13-4-2-3-5-13)24-16-21-20-14(22(16)18)11-6-8-12(17)9-7-11/h6-10,13H,2-5,18H2,1H3,(H,19,23)/t10-/m0/s1. The molecule has 128 valence electrons. The number of benzene rings is 1. The Balaban J connectivity index is 1.66. The van der Waals surface area contributed by atoms with Gasteiger partial charge >= 0.3 is 0 Å². The van der Waals surface area contributed by atoms with E-state index in [2.05, 4.69) is 15.5 Å². The smallest absolute Gasteiger partial charge is 0.233 e. The second-order valence-corrected chi connectivity index (χ2v) is 7.24. The molecule has 1 atom stereocenters. The third-order valence-corrected chi connectivity index (χ3v) is 5.18. The number of nitrogen functional groups attached to an aromatic ring is 1. The fourth-order valence-electron chi connectivity index (χ4n) is 2.75. The zero-order chi connectivity index (χ0) is 17.1. The zero-order valence-corrected chi connectivity index (χ0v) is 14.2. The number of hydrogen-bond donors (Lipinski definition) is 2. The molecule has 6 nitrogen and oxygen atoms in total. The molecular formula is C16H20FN5OS. The lowest BCUT2D eigenvalue weighted by molar-refractivity contribution is -0.120. The minimum Gasteiger partial charge on any atom is -0.352 e. The molecule has 0 saturated heterocycles. The summed E-state index contributed by atoms with van der Waals surface area (Å²) in [5.74, 6) is 6.12. The number of carbonyl (C=O) groups excluding carboxylic acids is 1. The van der Waals surface area contributed by atoms with Gasteiger partial charge in [0, 0.05) is 11.6 Å². The Hall–Kier alpha value is -2.09. The van der Waals surface area contributed by atoms with Gasteiger partial charge in [-0.1, -0.05) is 24.6 Å². The number of aromatic nitrogens is 3. The molecule has 0 radical (unpaired) electrons. The lowest BCUT2D eigenvalue weighted by Crippen LogP contribution is -2.37. The topological polar surface area (TPSA) is 85.8 Å². The number of nitrogens with zero attached hydrogens (tertiary/aromatic N) is 3. The highest BCUT2D eigenvalue weighted by molar-refractivity contribution is 8.00. The minimum absolute atomic E-state index is 0.0155. The Morgan fingerprint density at radius 1 is 1.33 bits per heavy atom. The van der Waals surface area contributed by atoms with Crippen LogP contribution in [0.1, 0.15) is 32.6 Å². The van der Waals surface area contributed by atoms with Gasteiger partial charge in [0.25, 0.3) is 0 Å². The Kier molecular flexibility index (Phi) is 5.03. The van der Waals surface area contributed by atoms with Gasteiger partial charge < -0.3 is 11.2 Å². The van der Waals surface area contributed by atoms with Crippen LogP contribution in [0.2, 0.25) is 0 Å². The molecule has 1 aliphatic rings. The van der Waals surface area contributed by atoms with Crippen molar-refractivity contribution < 1.29 is 9.18 Å². The van der Waals surface area contributed by atoms with E-state index in [1.807, 2.05) is 6.92 Å². The highest BCUT2D eigenvalue weighted by Crippen LogP contribution is 2.25. The first kappa shape index (κ1) is 16.8. The van der Waals surface area contributed by atoms with Crippen molar-refractivity contribution in [3.63, 3.8) is 0 Å². The van der Waals surface area contributed by atoms with Crippen LogP contribution in [0, 0.1) is 5.82 Å². The Bertz CT molecular complexity index is 712. The third-order valence-electron chi connectivity index (χ3n) is 4.12. The number of hydrogen-bond acceptors (Lipinski definition) is 5. The summed E-state index contributed by atoms with van der Waals surface area (Å²) in [6.07, 6.45) is 4.44. The predicted molar refractivity (Wildman–Crippen MR) is 91.3 cm³/mol. The fraction of sp³-hybridized carbons (Fsp3) is 0.438. The molecule has 0 unspecified atom stereocenters. The van der Waals surface area contributed by atoms with Gasteiger partial charge in [-0.3, -0.25) is 4.79 Å². The van der Waals surface area contributed by atoms with Crippen LogP contribution >= 0.6 is 11.8 Å². The van der Waals surface area contributed by atoms with Crippen LogP contribution in [-0.4, -0.2) is 32.1 Å². The molecule has 1 heterocycles. The van der Waals surface area contributed by atoms with Gasteiger partial charge in [0.2, 0.25) is 11.1 Å².